The van der Waals surface area contributed by atoms with Crippen molar-refractivity contribution in [3.63, 3.8) is 0 Å². The van der Waals surface area contributed by atoms with E-state index in [2.05, 4.69) is 4.72 Å². The first-order valence-electron chi connectivity index (χ1n) is 6.20. The Kier molecular flexibility index (Phi) is 6.32. The van der Waals surface area contributed by atoms with E-state index in [9.17, 15) is 8.42 Å². The molecule has 1 N–H and O–H groups in total. The summed E-state index contributed by atoms with van der Waals surface area (Å²) in [5.41, 5.74) is 1.04. The molecule has 0 aliphatic rings. The average Bonchev–Trinajstić information content (AvgIpc) is 2.34. The molecule has 0 unspecified atom stereocenters. The topological polar surface area (TPSA) is 55.4 Å². The minimum Gasteiger partial charge on any atom is -0.381 e. The molecule has 0 aliphatic carbocycles. The first-order valence-corrected chi connectivity index (χ1v) is 7.68. The summed E-state index contributed by atoms with van der Waals surface area (Å²) in [6.07, 6.45) is 1.67. The van der Waals surface area contributed by atoms with Crippen molar-refractivity contribution in [1.82, 2.24) is 4.72 Å². The van der Waals surface area contributed by atoms with Gasteiger partial charge in [0.1, 0.15) is 0 Å². The Morgan fingerprint density at radius 1 is 1.17 bits per heavy atom. The summed E-state index contributed by atoms with van der Waals surface area (Å²) in [5, 5.41) is 0. The zero-order valence-electron chi connectivity index (χ0n) is 11.0. The predicted molar refractivity (Wildman–Crippen MR) is 72.1 cm³/mol. The number of ether oxygens (including phenoxy) is 1. The van der Waals surface area contributed by atoms with Gasteiger partial charge in [-0.3, -0.25) is 0 Å². The van der Waals surface area contributed by atoms with Crippen molar-refractivity contribution in [2.75, 3.05) is 19.8 Å². The first-order chi connectivity index (χ1) is 8.56. The Balaban J connectivity index is 2.38. The number of sulfonamides is 1. The van der Waals surface area contributed by atoms with E-state index in [-0.39, 0.29) is 0 Å². The summed E-state index contributed by atoms with van der Waals surface area (Å²) < 4.78 is 31.6. The van der Waals surface area contributed by atoms with Gasteiger partial charge in [-0.2, -0.15) is 0 Å². The van der Waals surface area contributed by atoms with E-state index >= 15 is 0 Å². The highest BCUT2D eigenvalue weighted by atomic mass is 32.2. The normalized spacial score (nSPS) is 11.7. The maximum atomic E-state index is 11.9. The summed E-state index contributed by atoms with van der Waals surface area (Å²) >= 11 is 0. The molecule has 1 aromatic carbocycles. The predicted octanol–water partition coefficient (Wildman–Crippen LogP) is 2.09. The van der Waals surface area contributed by atoms with E-state index < -0.39 is 10.0 Å². The highest BCUT2D eigenvalue weighted by Gasteiger charge is 2.12. The van der Waals surface area contributed by atoms with Gasteiger partial charge < -0.3 is 4.74 Å². The van der Waals surface area contributed by atoms with Crippen LogP contribution in [0.25, 0.3) is 0 Å². The lowest BCUT2D eigenvalue weighted by Crippen LogP contribution is -2.25. The molecule has 0 aliphatic heterocycles. The number of benzene rings is 1. The summed E-state index contributed by atoms with van der Waals surface area (Å²) in [6, 6.07) is 6.81. The molecule has 102 valence electrons. The molecule has 0 atom stereocenters. The highest BCUT2D eigenvalue weighted by molar-refractivity contribution is 7.89. The van der Waals surface area contributed by atoms with E-state index in [4.69, 9.17) is 4.74 Å². The molecule has 0 aromatic heterocycles. The second-order valence-electron chi connectivity index (χ2n) is 4.18. The van der Waals surface area contributed by atoms with Crippen LogP contribution in [0.1, 0.15) is 25.3 Å². The van der Waals surface area contributed by atoms with Gasteiger partial charge in [0.15, 0.2) is 0 Å². The van der Waals surface area contributed by atoms with Crippen molar-refractivity contribution >= 4 is 10.0 Å². The maximum absolute atomic E-state index is 11.9. The second-order valence-corrected chi connectivity index (χ2v) is 5.94. The van der Waals surface area contributed by atoms with Gasteiger partial charge in [0, 0.05) is 19.8 Å². The van der Waals surface area contributed by atoms with Gasteiger partial charge in [0.05, 0.1) is 4.90 Å². The highest BCUT2D eigenvalue weighted by Crippen LogP contribution is 2.09. The molecule has 1 rings (SSSR count). The fourth-order valence-corrected chi connectivity index (χ4v) is 2.50. The molecule has 1 aromatic rings. The van der Waals surface area contributed by atoms with Gasteiger partial charge in [0.25, 0.3) is 0 Å². The monoisotopic (exact) mass is 271 g/mol. The van der Waals surface area contributed by atoms with E-state index in [1.807, 2.05) is 13.8 Å². The molecule has 0 saturated heterocycles. The fourth-order valence-electron chi connectivity index (χ4n) is 1.43. The minimum absolute atomic E-state index is 0.308. The van der Waals surface area contributed by atoms with Gasteiger partial charge in [-0.15, -0.1) is 0 Å². The van der Waals surface area contributed by atoms with Crippen LogP contribution in [-0.4, -0.2) is 28.2 Å². The molecule has 0 radical (unpaired) electrons. The van der Waals surface area contributed by atoms with Crippen LogP contribution in [0.3, 0.4) is 0 Å². The molecule has 0 amide bonds. The molecule has 0 heterocycles. The van der Waals surface area contributed by atoms with Crippen molar-refractivity contribution in [1.29, 1.82) is 0 Å². The Morgan fingerprint density at radius 2 is 1.83 bits per heavy atom. The molecule has 4 nitrogen and oxygen atoms in total. The van der Waals surface area contributed by atoms with Crippen LogP contribution in [0.4, 0.5) is 0 Å². The second kappa shape index (κ2) is 7.51. The molecule has 18 heavy (non-hydrogen) atoms. The van der Waals surface area contributed by atoms with Crippen LogP contribution in [-0.2, 0) is 14.8 Å². The quantitative estimate of drug-likeness (QED) is 0.737. The Morgan fingerprint density at radius 3 is 2.44 bits per heavy atom. The van der Waals surface area contributed by atoms with Crippen LogP contribution < -0.4 is 4.72 Å². The summed E-state index contributed by atoms with van der Waals surface area (Å²) in [4.78, 5) is 0.308. The number of hydrogen-bond donors (Lipinski definition) is 1. The molecule has 0 bridgehead atoms. The van der Waals surface area contributed by atoms with Gasteiger partial charge >= 0.3 is 0 Å². The van der Waals surface area contributed by atoms with Gasteiger partial charge in [-0.1, -0.05) is 24.6 Å². The van der Waals surface area contributed by atoms with Crippen molar-refractivity contribution in [3.8, 4) is 0 Å². The fraction of sp³-hybridized carbons (Fsp3) is 0.538. The van der Waals surface area contributed by atoms with Gasteiger partial charge in [-0.25, -0.2) is 13.1 Å². The largest absolute Gasteiger partial charge is 0.381 e. The lowest BCUT2D eigenvalue weighted by molar-refractivity contribution is 0.133. The third kappa shape index (κ3) is 5.16. The molecular formula is C13H21NO3S. The van der Waals surface area contributed by atoms with E-state index in [0.29, 0.717) is 24.5 Å². The Hall–Kier alpha value is -0.910. The molecular weight excluding hydrogens is 250 g/mol. The molecule has 5 heteroatoms. The van der Waals surface area contributed by atoms with Crippen LogP contribution in [0.5, 0.6) is 0 Å². The van der Waals surface area contributed by atoms with Crippen LogP contribution in [0, 0.1) is 6.92 Å². The van der Waals surface area contributed by atoms with E-state index in [1.54, 1.807) is 24.3 Å². The standard InChI is InChI=1S/C13H21NO3S/c1-3-10-17-11-4-9-14-18(15,16)13-7-5-12(2)6-8-13/h5-8,14H,3-4,9-11H2,1-2H3. The number of aryl methyl sites for hydroxylation is 1. The zero-order chi connectivity index (χ0) is 13.4. The molecule has 0 spiro atoms. The average molecular weight is 271 g/mol. The van der Waals surface area contributed by atoms with Gasteiger partial charge in [0.2, 0.25) is 10.0 Å². The maximum Gasteiger partial charge on any atom is 0.240 e. The third-order valence-corrected chi connectivity index (χ3v) is 3.91. The first kappa shape index (κ1) is 15.1. The van der Waals surface area contributed by atoms with Crippen LogP contribution in [0.15, 0.2) is 29.2 Å². The summed E-state index contributed by atoms with van der Waals surface area (Å²) in [5.74, 6) is 0. The zero-order valence-corrected chi connectivity index (χ0v) is 11.8. The summed E-state index contributed by atoms with van der Waals surface area (Å²) in [7, 11) is -3.38. The van der Waals surface area contributed by atoms with Crippen molar-refractivity contribution in [3.05, 3.63) is 29.8 Å². The van der Waals surface area contributed by atoms with Crippen molar-refractivity contribution in [2.45, 2.75) is 31.6 Å². The van der Waals surface area contributed by atoms with Crippen LogP contribution in [0.2, 0.25) is 0 Å². The van der Waals surface area contributed by atoms with E-state index in [0.717, 1.165) is 18.6 Å². The van der Waals surface area contributed by atoms with Gasteiger partial charge in [-0.05, 0) is 31.9 Å². The summed E-state index contributed by atoms with van der Waals surface area (Å²) in [6.45, 7) is 5.68. The van der Waals surface area contributed by atoms with Crippen molar-refractivity contribution in [2.24, 2.45) is 0 Å². The number of rotatable bonds is 8. The lowest BCUT2D eigenvalue weighted by Gasteiger charge is -2.07. The lowest BCUT2D eigenvalue weighted by atomic mass is 10.2. The third-order valence-electron chi connectivity index (χ3n) is 2.44. The Labute approximate surface area is 109 Å². The SMILES string of the molecule is CCCOCCCNS(=O)(=O)c1ccc(C)cc1. The smallest absolute Gasteiger partial charge is 0.240 e. The molecule has 0 saturated carbocycles. The number of nitrogens with one attached hydrogen (secondary N) is 1. The van der Waals surface area contributed by atoms with Crippen molar-refractivity contribution < 1.29 is 13.2 Å². The number of hydrogen-bond acceptors (Lipinski definition) is 3. The molecule has 0 fully saturated rings. The minimum atomic E-state index is -3.38. The van der Waals surface area contributed by atoms with Crippen LogP contribution >= 0.6 is 0 Å². The Bertz CT molecular complexity index is 440. The van der Waals surface area contributed by atoms with E-state index in [1.165, 1.54) is 0 Å².